The zero-order valence-electron chi connectivity index (χ0n) is 25.2. The van der Waals surface area contributed by atoms with E-state index >= 15 is 0 Å². The first-order chi connectivity index (χ1) is 21.3. The van der Waals surface area contributed by atoms with Gasteiger partial charge in [-0.05, 0) is 61.6 Å². The van der Waals surface area contributed by atoms with Crippen molar-refractivity contribution in [2.24, 2.45) is 0 Å². The fraction of sp³-hybridized carbons (Fsp3) is 0.364. The number of carbonyl (C=O) groups excluding carboxylic acids is 3. The number of amides is 4. The highest BCUT2D eigenvalue weighted by molar-refractivity contribution is 8.00. The van der Waals surface area contributed by atoms with Gasteiger partial charge in [-0.1, -0.05) is 66.7 Å². The summed E-state index contributed by atoms with van der Waals surface area (Å²) in [5.41, 5.74) is 2.08. The van der Waals surface area contributed by atoms with Gasteiger partial charge in [0.05, 0.1) is 17.5 Å². The molecular weight excluding hydrogens is 605 g/mol. The standard InChI is InChI=1S/C33H37F3N4O4S/c1-21-10-7-8-14-24(21)19-37-29(42)28-32(2,3)45-20-40(28)30(43)27(41)26(17-22-11-5-4-6-12-22)39-31(44)38-18-23-13-9-15-25(16-23)33(34,35)36/h4-16,26-28,41H,17-20H2,1-3H3,(H,37,42)(H2,38,39,44). The molecule has 1 aliphatic rings. The molecule has 1 fully saturated rings. The lowest BCUT2D eigenvalue weighted by Gasteiger charge is -2.33. The number of urea groups is 1. The molecule has 12 heteroatoms. The van der Waals surface area contributed by atoms with Crippen LogP contribution in [-0.2, 0) is 35.3 Å². The van der Waals surface area contributed by atoms with Gasteiger partial charge in [0.15, 0.2) is 6.10 Å². The Morgan fingerprint density at radius 1 is 0.956 bits per heavy atom. The Morgan fingerprint density at radius 2 is 1.62 bits per heavy atom. The maximum absolute atomic E-state index is 13.8. The quantitative estimate of drug-likeness (QED) is 0.255. The van der Waals surface area contributed by atoms with Crippen LogP contribution < -0.4 is 16.0 Å². The van der Waals surface area contributed by atoms with Crippen LogP contribution in [0.15, 0.2) is 78.9 Å². The lowest BCUT2D eigenvalue weighted by molar-refractivity contribution is -0.147. The molecular formula is C33H37F3N4O4S. The molecule has 3 aromatic carbocycles. The minimum Gasteiger partial charge on any atom is -0.381 e. The number of aliphatic hydroxyl groups is 1. The molecule has 4 rings (SSSR count). The normalized spacial score (nSPS) is 17.3. The number of nitrogens with one attached hydrogen (secondary N) is 3. The van der Waals surface area contributed by atoms with Crippen molar-refractivity contribution in [3.8, 4) is 0 Å². The number of hydrogen-bond acceptors (Lipinski definition) is 5. The topological polar surface area (TPSA) is 111 Å². The van der Waals surface area contributed by atoms with E-state index < -0.39 is 46.6 Å². The number of nitrogens with zero attached hydrogens (tertiary/aromatic N) is 1. The molecule has 4 N–H and O–H groups in total. The molecule has 0 radical (unpaired) electrons. The van der Waals surface area contributed by atoms with Crippen LogP contribution in [0.3, 0.4) is 0 Å². The summed E-state index contributed by atoms with van der Waals surface area (Å²) in [5, 5.41) is 19.4. The summed E-state index contributed by atoms with van der Waals surface area (Å²) in [6.07, 6.45) is -6.16. The van der Waals surface area contributed by atoms with E-state index in [0.29, 0.717) is 0 Å². The third kappa shape index (κ3) is 8.79. The molecule has 0 spiro atoms. The number of thioether (sulfide) groups is 1. The second-order valence-corrected chi connectivity index (χ2v) is 13.1. The lowest BCUT2D eigenvalue weighted by Crippen LogP contribution is -2.59. The number of hydrogen-bond donors (Lipinski definition) is 4. The number of halogens is 3. The SMILES string of the molecule is Cc1ccccc1CNC(=O)C1N(C(=O)C(O)C(Cc2ccccc2)NC(=O)NCc2cccc(C(F)(F)F)c2)CSC1(C)C. The van der Waals surface area contributed by atoms with E-state index in [9.17, 15) is 32.7 Å². The van der Waals surface area contributed by atoms with Crippen LogP contribution in [0.1, 0.15) is 41.7 Å². The van der Waals surface area contributed by atoms with Gasteiger partial charge in [-0.2, -0.15) is 13.2 Å². The molecule has 1 saturated heterocycles. The summed E-state index contributed by atoms with van der Waals surface area (Å²) in [7, 11) is 0. The average Bonchev–Trinajstić information content (AvgIpc) is 3.33. The first kappa shape index (κ1) is 33.9. The van der Waals surface area contributed by atoms with Crippen LogP contribution in [0.2, 0.25) is 0 Å². The second-order valence-electron chi connectivity index (χ2n) is 11.5. The monoisotopic (exact) mass is 642 g/mol. The molecule has 240 valence electrons. The van der Waals surface area contributed by atoms with E-state index in [1.165, 1.54) is 28.8 Å². The molecule has 8 nitrogen and oxygen atoms in total. The summed E-state index contributed by atoms with van der Waals surface area (Å²) in [6.45, 7) is 5.72. The van der Waals surface area contributed by atoms with Crippen molar-refractivity contribution in [3.63, 3.8) is 0 Å². The maximum Gasteiger partial charge on any atom is 0.416 e. The van der Waals surface area contributed by atoms with Crippen LogP contribution in [0, 0.1) is 6.92 Å². The fourth-order valence-corrected chi connectivity index (χ4v) is 6.35. The summed E-state index contributed by atoms with van der Waals surface area (Å²) < 4.78 is 38.7. The van der Waals surface area contributed by atoms with Crippen molar-refractivity contribution in [3.05, 3.63) is 107 Å². The van der Waals surface area contributed by atoms with E-state index in [4.69, 9.17) is 0 Å². The predicted octanol–water partition coefficient (Wildman–Crippen LogP) is 4.78. The van der Waals surface area contributed by atoms with Crippen molar-refractivity contribution in [2.75, 3.05) is 5.88 Å². The van der Waals surface area contributed by atoms with E-state index in [2.05, 4.69) is 16.0 Å². The number of carbonyl (C=O) groups is 3. The van der Waals surface area contributed by atoms with Gasteiger partial charge < -0.3 is 26.0 Å². The highest BCUT2D eigenvalue weighted by Crippen LogP contribution is 2.40. The molecule has 0 aromatic heterocycles. The molecule has 45 heavy (non-hydrogen) atoms. The first-order valence-corrected chi connectivity index (χ1v) is 15.4. The minimum atomic E-state index is -4.53. The third-order valence-electron chi connectivity index (χ3n) is 7.75. The number of alkyl halides is 3. The Bertz CT molecular complexity index is 1500. The Morgan fingerprint density at radius 3 is 2.31 bits per heavy atom. The molecule has 0 bridgehead atoms. The summed E-state index contributed by atoms with van der Waals surface area (Å²) in [4.78, 5) is 41.5. The number of aliphatic hydroxyl groups excluding tert-OH is 1. The fourth-order valence-electron chi connectivity index (χ4n) is 5.21. The first-order valence-electron chi connectivity index (χ1n) is 14.5. The second kappa shape index (κ2) is 14.4. The van der Waals surface area contributed by atoms with Crippen LogP contribution >= 0.6 is 11.8 Å². The maximum atomic E-state index is 13.8. The van der Waals surface area contributed by atoms with Crippen LogP contribution in [-0.4, -0.2) is 56.7 Å². The molecule has 3 atom stereocenters. The summed E-state index contributed by atoms with van der Waals surface area (Å²) in [5.74, 6) is -0.922. The molecule has 4 amide bonds. The predicted molar refractivity (Wildman–Crippen MR) is 167 cm³/mol. The highest BCUT2D eigenvalue weighted by atomic mass is 32.2. The zero-order chi connectivity index (χ0) is 32.8. The van der Waals surface area contributed by atoms with E-state index in [1.54, 1.807) is 30.3 Å². The van der Waals surface area contributed by atoms with Crippen LogP contribution in [0.4, 0.5) is 18.0 Å². The van der Waals surface area contributed by atoms with Crippen LogP contribution in [0.5, 0.6) is 0 Å². The molecule has 0 saturated carbocycles. The average molecular weight is 643 g/mol. The molecule has 3 unspecified atom stereocenters. The Balaban J connectivity index is 1.48. The van der Waals surface area contributed by atoms with E-state index in [0.717, 1.165) is 28.8 Å². The summed E-state index contributed by atoms with van der Waals surface area (Å²) in [6, 6.07) is 18.4. The van der Waals surface area contributed by atoms with E-state index in [1.807, 2.05) is 45.0 Å². The van der Waals surface area contributed by atoms with Gasteiger partial charge in [-0.25, -0.2) is 4.79 Å². The lowest BCUT2D eigenvalue weighted by atomic mass is 9.97. The Labute approximate surface area is 264 Å². The van der Waals surface area contributed by atoms with Crippen molar-refractivity contribution >= 4 is 29.6 Å². The summed E-state index contributed by atoms with van der Waals surface area (Å²) >= 11 is 1.41. The largest absolute Gasteiger partial charge is 0.416 e. The van der Waals surface area contributed by atoms with Crippen molar-refractivity contribution in [1.29, 1.82) is 0 Å². The number of rotatable bonds is 10. The molecule has 3 aromatic rings. The van der Waals surface area contributed by atoms with Crippen LogP contribution in [0.25, 0.3) is 0 Å². The van der Waals surface area contributed by atoms with Gasteiger partial charge in [0.2, 0.25) is 5.91 Å². The Kier molecular flexibility index (Phi) is 10.8. The van der Waals surface area contributed by atoms with E-state index in [-0.39, 0.29) is 36.9 Å². The number of benzene rings is 3. The van der Waals surface area contributed by atoms with Crippen molar-refractivity contribution < 1.29 is 32.7 Å². The highest BCUT2D eigenvalue weighted by Gasteiger charge is 2.49. The Hall–Kier alpha value is -4.03. The number of aryl methyl sites for hydroxylation is 1. The molecule has 1 aliphatic heterocycles. The van der Waals surface area contributed by atoms with Gasteiger partial charge in [0.1, 0.15) is 6.04 Å². The van der Waals surface area contributed by atoms with Gasteiger partial charge in [-0.3, -0.25) is 9.59 Å². The third-order valence-corrected chi connectivity index (χ3v) is 9.12. The van der Waals surface area contributed by atoms with Gasteiger partial charge >= 0.3 is 12.2 Å². The zero-order valence-corrected chi connectivity index (χ0v) is 26.0. The van der Waals surface area contributed by atoms with Crippen molar-refractivity contribution in [1.82, 2.24) is 20.9 Å². The smallest absolute Gasteiger partial charge is 0.381 e. The van der Waals surface area contributed by atoms with Gasteiger partial charge in [0.25, 0.3) is 5.91 Å². The van der Waals surface area contributed by atoms with Crippen molar-refractivity contribution in [2.45, 2.75) is 69.4 Å². The molecule has 1 heterocycles. The molecule has 0 aliphatic carbocycles. The minimum absolute atomic E-state index is 0.0826. The van der Waals surface area contributed by atoms with Gasteiger partial charge in [-0.15, -0.1) is 11.8 Å². The van der Waals surface area contributed by atoms with Gasteiger partial charge in [0, 0.05) is 17.8 Å².